The molecular weight excluding hydrogens is 252 g/mol. The molecule has 20 heavy (non-hydrogen) atoms. The maximum absolute atomic E-state index is 12.3. The molecule has 1 aliphatic carbocycles. The lowest BCUT2D eigenvalue weighted by molar-refractivity contribution is -0.118. The van der Waals surface area contributed by atoms with Crippen LogP contribution in [-0.2, 0) is 9.53 Å². The van der Waals surface area contributed by atoms with Gasteiger partial charge in [0.1, 0.15) is 5.54 Å². The predicted molar refractivity (Wildman–Crippen MR) is 76.9 cm³/mol. The van der Waals surface area contributed by atoms with Gasteiger partial charge in [-0.3, -0.25) is 4.79 Å². The lowest BCUT2D eigenvalue weighted by Crippen LogP contribution is -2.50. The maximum atomic E-state index is 12.3. The second-order valence-electron chi connectivity index (χ2n) is 6.56. The number of nitrogens with zero attached hydrogens (tertiary/aromatic N) is 1. The summed E-state index contributed by atoms with van der Waals surface area (Å²) in [5.74, 6) is -0.126. The zero-order valence-corrected chi connectivity index (χ0v) is 12.5. The van der Waals surface area contributed by atoms with E-state index in [1.807, 2.05) is 0 Å². The Bertz CT molecular complexity index is 440. The van der Waals surface area contributed by atoms with Crippen LogP contribution in [0.4, 0.5) is 0 Å². The van der Waals surface area contributed by atoms with E-state index in [0.717, 1.165) is 19.3 Å². The molecule has 2 fully saturated rings. The van der Waals surface area contributed by atoms with Crippen LogP contribution < -0.4 is 5.32 Å². The molecule has 0 spiro atoms. The minimum Gasteiger partial charge on any atom is -0.381 e. The first-order valence-electron chi connectivity index (χ1n) is 7.50. The van der Waals surface area contributed by atoms with Gasteiger partial charge in [-0.25, -0.2) is 0 Å². The van der Waals surface area contributed by atoms with Crippen molar-refractivity contribution < 1.29 is 9.53 Å². The van der Waals surface area contributed by atoms with Crippen molar-refractivity contribution in [2.24, 2.45) is 5.41 Å². The molecule has 0 bridgehead atoms. The number of ether oxygens (including phenoxy) is 1. The summed E-state index contributed by atoms with van der Waals surface area (Å²) < 4.78 is 5.27. The van der Waals surface area contributed by atoms with Gasteiger partial charge in [0.05, 0.1) is 6.07 Å². The van der Waals surface area contributed by atoms with E-state index in [4.69, 9.17) is 4.74 Å². The van der Waals surface area contributed by atoms with E-state index in [1.165, 1.54) is 12.0 Å². The number of nitrogens with one attached hydrogen (secondary N) is 1. The number of amides is 1. The van der Waals surface area contributed by atoms with Crippen molar-refractivity contribution in [3.63, 3.8) is 0 Å². The Labute approximate surface area is 121 Å². The first-order valence-corrected chi connectivity index (χ1v) is 7.50. The molecule has 2 rings (SSSR count). The number of rotatable bonds is 2. The molecule has 1 amide bonds. The second kappa shape index (κ2) is 5.97. The highest BCUT2D eigenvalue weighted by molar-refractivity contribution is 5.89. The molecule has 0 unspecified atom stereocenters. The van der Waals surface area contributed by atoms with Crippen molar-refractivity contribution in [1.29, 1.82) is 5.26 Å². The zero-order chi connectivity index (χ0) is 14.6. The SMILES string of the molecule is CC1(C)CCCC/C1=C\C(=O)NC1(C#N)CCOCC1. The lowest BCUT2D eigenvalue weighted by atomic mass is 9.73. The van der Waals surface area contributed by atoms with Gasteiger partial charge in [0.25, 0.3) is 0 Å². The Morgan fingerprint density at radius 2 is 2.00 bits per heavy atom. The standard InChI is InChI=1S/C16H24N2O2/c1-15(2)6-4-3-5-13(15)11-14(19)18-16(12-17)7-9-20-10-8-16/h11H,3-10H2,1-2H3,(H,18,19)/b13-11+. The predicted octanol–water partition coefficient (Wildman–Crippen LogP) is 2.70. The summed E-state index contributed by atoms with van der Waals surface area (Å²) in [5.41, 5.74) is 0.567. The first-order chi connectivity index (χ1) is 9.47. The molecule has 0 aromatic carbocycles. The first kappa shape index (κ1) is 15.1. The highest BCUT2D eigenvalue weighted by Crippen LogP contribution is 2.39. The van der Waals surface area contributed by atoms with Crippen molar-refractivity contribution >= 4 is 5.91 Å². The van der Waals surface area contributed by atoms with Gasteiger partial charge in [-0.05, 0) is 24.7 Å². The normalized spacial score (nSPS) is 26.8. The molecule has 4 nitrogen and oxygen atoms in total. The Morgan fingerprint density at radius 1 is 1.30 bits per heavy atom. The highest BCUT2D eigenvalue weighted by Gasteiger charge is 2.34. The Kier molecular flexibility index (Phi) is 4.49. The largest absolute Gasteiger partial charge is 0.381 e. The van der Waals surface area contributed by atoms with Crippen LogP contribution in [0.25, 0.3) is 0 Å². The van der Waals surface area contributed by atoms with Crippen molar-refractivity contribution in [1.82, 2.24) is 5.32 Å². The van der Waals surface area contributed by atoms with Gasteiger partial charge in [-0.15, -0.1) is 0 Å². The van der Waals surface area contributed by atoms with E-state index in [-0.39, 0.29) is 11.3 Å². The third-order valence-electron chi connectivity index (χ3n) is 4.60. The third kappa shape index (κ3) is 3.40. The van der Waals surface area contributed by atoms with Crippen molar-refractivity contribution in [3.8, 4) is 6.07 Å². The van der Waals surface area contributed by atoms with Crippen LogP contribution >= 0.6 is 0 Å². The number of hydrogen-bond donors (Lipinski definition) is 1. The molecule has 1 saturated heterocycles. The molecule has 0 aromatic rings. The Hall–Kier alpha value is -1.34. The second-order valence-corrected chi connectivity index (χ2v) is 6.56. The van der Waals surface area contributed by atoms with Crippen LogP contribution in [0.3, 0.4) is 0 Å². The van der Waals surface area contributed by atoms with E-state index in [1.54, 1.807) is 6.08 Å². The summed E-state index contributed by atoms with van der Waals surface area (Å²) >= 11 is 0. The van der Waals surface area contributed by atoms with Crippen molar-refractivity contribution in [2.75, 3.05) is 13.2 Å². The fourth-order valence-electron chi connectivity index (χ4n) is 3.06. The van der Waals surface area contributed by atoms with Crippen molar-refractivity contribution in [2.45, 2.75) is 57.9 Å². The molecule has 110 valence electrons. The smallest absolute Gasteiger partial charge is 0.245 e. The van der Waals surface area contributed by atoms with Gasteiger partial charge in [-0.1, -0.05) is 25.8 Å². The maximum Gasteiger partial charge on any atom is 0.245 e. The van der Waals surface area contributed by atoms with Crippen LogP contribution in [0.2, 0.25) is 0 Å². The molecule has 1 N–H and O–H groups in total. The van der Waals surface area contributed by atoms with E-state index < -0.39 is 5.54 Å². The van der Waals surface area contributed by atoms with Gasteiger partial charge in [-0.2, -0.15) is 5.26 Å². The molecule has 2 aliphatic rings. The Balaban J connectivity index is 2.06. The van der Waals surface area contributed by atoms with Crippen molar-refractivity contribution in [3.05, 3.63) is 11.6 Å². The molecule has 1 saturated carbocycles. The van der Waals surface area contributed by atoms with Crippen LogP contribution in [0.15, 0.2) is 11.6 Å². The average Bonchev–Trinajstić information content (AvgIpc) is 2.42. The fourth-order valence-corrected chi connectivity index (χ4v) is 3.06. The number of nitriles is 1. The van der Waals surface area contributed by atoms with Crippen LogP contribution in [-0.4, -0.2) is 24.7 Å². The molecule has 1 aliphatic heterocycles. The monoisotopic (exact) mass is 276 g/mol. The number of carbonyl (C=O) groups is 1. The summed E-state index contributed by atoms with van der Waals surface area (Å²) in [7, 11) is 0. The summed E-state index contributed by atoms with van der Waals surface area (Å²) in [6.45, 7) is 5.46. The van der Waals surface area contributed by atoms with Crippen LogP contribution in [0.5, 0.6) is 0 Å². The zero-order valence-electron chi connectivity index (χ0n) is 12.5. The minimum absolute atomic E-state index is 0.102. The van der Waals surface area contributed by atoms with E-state index in [9.17, 15) is 10.1 Å². The quantitative estimate of drug-likeness (QED) is 0.789. The molecular formula is C16H24N2O2. The molecule has 4 heteroatoms. The van der Waals surface area contributed by atoms with E-state index in [0.29, 0.717) is 26.1 Å². The molecule has 1 heterocycles. The van der Waals surface area contributed by atoms with Gasteiger partial charge < -0.3 is 10.1 Å². The number of hydrogen-bond acceptors (Lipinski definition) is 3. The summed E-state index contributed by atoms with van der Waals surface area (Å²) in [6.07, 6.45) is 7.37. The summed E-state index contributed by atoms with van der Waals surface area (Å²) in [5, 5.41) is 12.3. The number of carbonyl (C=O) groups excluding carboxylic acids is 1. The molecule has 0 radical (unpaired) electrons. The topological polar surface area (TPSA) is 62.1 Å². The molecule has 0 aromatic heterocycles. The van der Waals surface area contributed by atoms with Gasteiger partial charge >= 0.3 is 0 Å². The van der Waals surface area contributed by atoms with E-state index in [2.05, 4.69) is 25.2 Å². The number of allylic oxidation sites excluding steroid dienone is 1. The lowest BCUT2D eigenvalue weighted by Gasteiger charge is -2.34. The van der Waals surface area contributed by atoms with Crippen LogP contribution in [0, 0.1) is 16.7 Å². The average molecular weight is 276 g/mol. The highest BCUT2D eigenvalue weighted by atomic mass is 16.5. The summed E-state index contributed by atoms with van der Waals surface area (Å²) in [4.78, 5) is 12.3. The fraction of sp³-hybridized carbons (Fsp3) is 0.750. The van der Waals surface area contributed by atoms with E-state index >= 15 is 0 Å². The van der Waals surface area contributed by atoms with Gasteiger partial charge in [0.15, 0.2) is 0 Å². The Morgan fingerprint density at radius 3 is 2.60 bits per heavy atom. The van der Waals surface area contributed by atoms with Crippen LogP contribution in [0.1, 0.15) is 52.4 Å². The third-order valence-corrected chi connectivity index (χ3v) is 4.60. The minimum atomic E-state index is -0.745. The van der Waals surface area contributed by atoms with Gasteiger partial charge in [0, 0.05) is 32.1 Å². The molecule has 0 atom stereocenters. The summed E-state index contributed by atoms with van der Waals surface area (Å²) in [6, 6.07) is 2.27. The van der Waals surface area contributed by atoms with Gasteiger partial charge in [0.2, 0.25) is 5.91 Å².